The monoisotopic (exact) mass is 365 g/mol. The summed E-state index contributed by atoms with van der Waals surface area (Å²) in [6.07, 6.45) is 0.497. The van der Waals surface area contributed by atoms with Crippen LogP contribution < -0.4 is 10.1 Å². The summed E-state index contributed by atoms with van der Waals surface area (Å²) in [4.78, 5) is 24.8. The van der Waals surface area contributed by atoms with Crippen molar-refractivity contribution in [3.63, 3.8) is 0 Å². The number of anilines is 1. The van der Waals surface area contributed by atoms with Gasteiger partial charge in [0, 0.05) is 12.3 Å². The molecule has 146 valence electrons. The molecule has 1 amide bonds. The van der Waals surface area contributed by atoms with Gasteiger partial charge < -0.3 is 19.5 Å². The maximum atomic E-state index is 12.8. The van der Waals surface area contributed by atoms with E-state index in [0.717, 1.165) is 0 Å². The third-order valence-electron chi connectivity index (χ3n) is 3.75. The number of esters is 1. The zero-order valence-corrected chi connectivity index (χ0v) is 16.8. The Morgan fingerprint density at radius 2 is 1.85 bits per heavy atom. The molecule has 1 atom stereocenters. The van der Waals surface area contributed by atoms with Gasteiger partial charge >= 0.3 is 5.97 Å². The Kier molecular flexibility index (Phi) is 8.08. The molecule has 0 saturated heterocycles. The van der Waals surface area contributed by atoms with E-state index in [0.29, 0.717) is 30.4 Å². The van der Waals surface area contributed by atoms with Crippen LogP contribution in [0.2, 0.25) is 0 Å². The van der Waals surface area contributed by atoms with Crippen molar-refractivity contribution in [2.24, 2.45) is 5.92 Å². The van der Waals surface area contributed by atoms with Crippen molar-refractivity contribution in [1.82, 2.24) is 0 Å². The average molecular weight is 365 g/mol. The number of benzene rings is 1. The molecule has 0 saturated carbocycles. The lowest BCUT2D eigenvalue weighted by Gasteiger charge is -2.30. The van der Waals surface area contributed by atoms with Gasteiger partial charge in [-0.3, -0.25) is 4.79 Å². The van der Waals surface area contributed by atoms with Gasteiger partial charge in [0.1, 0.15) is 16.9 Å². The van der Waals surface area contributed by atoms with E-state index in [1.807, 2.05) is 34.6 Å². The van der Waals surface area contributed by atoms with Crippen LogP contribution in [0.4, 0.5) is 5.69 Å². The quantitative estimate of drug-likeness (QED) is 0.669. The van der Waals surface area contributed by atoms with Crippen LogP contribution in [0.1, 0.15) is 58.3 Å². The molecule has 0 aliphatic rings. The van der Waals surface area contributed by atoms with Crippen LogP contribution in [-0.4, -0.2) is 37.3 Å². The van der Waals surface area contributed by atoms with Gasteiger partial charge in [0.05, 0.1) is 13.2 Å². The normalized spacial score (nSPS) is 13.4. The molecule has 0 fully saturated rings. The van der Waals surface area contributed by atoms with Crippen molar-refractivity contribution < 1.29 is 23.8 Å². The second kappa shape index (κ2) is 9.57. The number of amides is 1. The van der Waals surface area contributed by atoms with Crippen LogP contribution in [0, 0.1) is 5.92 Å². The number of nitrogens with one attached hydrogen (secondary N) is 1. The molecule has 0 radical (unpaired) electrons. The molecule has 1 aromatic carbocycles. The third kappa shape index (κ3) is 6.02. The first kappa shape index (κ1) is 22.0. The molecule has 1 rings (SSSR count). The Labute approximate surface area is 156 Å². The molecule has 1 aromatic rings. The lowest BCUT2D eigenvalue weighted by atomic mass is 9.93. The summed E-state index contributed by atoms with van der Waals surface area (Å²) < 4.78 is 16.2. The molecule has 0 aromatic heterocycles. The molecular weight excluding hydrogens is 334 g/mol. The Hall–Kier alpha value is -2.08. The maximum Gasteiger partial charge on any atom is 0.341 e. The fourth-order valence-electron chi connectivity index (χ4n) is 2.81. The molecule has 1 unspecified atom stereocenters. The van der Waals surface area contributed by atoms with E-state index in [1.165, 1.54) is 7.11 Å². The maximum absolute atomic E-state index is 12.8. The zero-order chi connectivity index (χ0) is 19.9. The second-order valence-electron chi connectivity index (χ2n) is 7.09. The third-order valence-corrected chi connectivity index (χ3v) is 3.75. The highest BCUT2D eigenvalue weighted by molar-refractivity contribution is 5.99. The van der Waals surface area contributed by atoms with E-state index >= 15 is 0 Å². The summed E-state index contributed by atoms with van der Waals surface area (Å²) in [5.74, 6) is -0.0581. The molecule has 0 heterocycles. The van der Waals surface area contributed by atoms with Crippen molar-refractivity contribution in [3.05, 3.63) is 23.8 Å². The van der Waals surface area contributed by atoms with Crippen molar-refractivity contribution in [2.75, 3.05) is 19.0 Å². The number of rotatable bonds is 9. The van der Waals surface area contributed by atoms with E-state index in [1.54, 1.807) is 25.1 Å². The molecule has 26 heavy (non-hydrogen) atoms. The highest BCUT2D eigenvalue weighted by atomic mass is 16.5. The fraction of sp³-hybridized carbons (Fsp3) is 0.600. The summed E-state index contributed by atoms with van der Waals surface area (Å²) in [5.41, 5.74) is -0.191. The minimum absolute atomic E-state index is 0.0915. The Morgan fingerprint density at radius 3 is 2.35 bits per heavy atom. The van der Waals surface area contributed by atoms with Crippen LogP contribution in [0.3, 0.4) is 0 Å². The predicted octanol–water partition coefficient (Wildman–Crippen LogP) is 4.04. The summed E-state index contributed by atoms with van der Waals surface area (Å²) >= 11 is 0. The van der Waals surface area contributed by atoms with Crippen molar-refractivity contribution >= 4 is 17.6 Å². The SMILES string of the molecule is CCOC(C)(CC(C)C)C(=O)Nc1ccc(OC(C)C)c(C(=O)OC)c1. The summed E-state index contributed by atoms with van der Waals surface area (Å²) in [6.45, 7) is 11.9. The standard InChI is InChI=1S/C20H31NO5/c1-8-25-20(6,12-13(2)3)19(23)21-15-9-10-17(26-14(4)5)16(11-15)18(22)24-7/h9-11,13-14H,8,12H2,1-7H3,(H,21,23). The first-order valence-electron chi connectivity index (χ1n) is 8.97. The van der Waals surface area contributed by atoms with E-state index in [-0.39, 0.29) is 17.6 Å². The van der Waals surface area contributed by atoms with Crippen LogP contribution in [-0.2, 0) is 14.3 Å². The molecule has 0 bridgehead atoms. The summed E-state index contributed by atoms with van der Waals surface area (Å²) in [7, 11) is 1.31. The van der Waals surface area contributed by atoms with Gasteiger partial charge in [0.15, 0.2) is 0 Å². The highest BCUT2D eigenvalue weighted by Gasteiger charge is 2.35. The molecule has 0 aliphatic carbocycles. The number of methoxy groups -OCH3 is 1. The lowest BCUT2D eigenvalue weighted by Crippen LogP contribution is -2.44. The minimum atomic E-state index is -0.943. The number of carbonyl (C=O) groups excluding carboxylic acids is 2. The number of hydrogen-bond acceptors (Lipinski definition) is 5. The van der Waals surface area contributed by atoms with E-state index in [9.17, 15) is 9.59 Å². The number of carbonyl (C=O) groups is 2. The van der Waals surface area contributed by atoms with Gasteiger partial charge in [-0.1, -0.05) is 13.8 Å². The van der Waals surface area contributed by atoms with E-state index in [2.05, 4.69) is 5.32 Å². The fourth-order valence-corrected chi connectivity index (χ4v) is 2.81. The molecular formula is C20H31NO5. The van der Waals surface area contributed by atoms with Crippen LogP contribution in [0.5, 0.6) is 5.75 Å². The number of ether oxygens (including phenoxy) is 3. The topological polar surface area (TPSA) is 73.9 Å². The van der Waals surface area contributed by atoms with Crippen molar-refractivity contribution in [1.29, 1.82) is 0 Å². The average Bonchev–Trinajstić information content (AvgIpc) is 2.54. The number of hydrogen-bond donors (Lipinski definition) is 1. The van der Waals surface area contributed by atoms with Crippen molar-refractivity contribution in [3.8, 4) is 5.75 Å². The Balaban J connectivity index is 3.11. The summed E-state index contributed by atoms with van der Waals surface area (Å²) in [6, 6.07) is 4.91. The first-order valence-corrected chi connectivity index (χ1v) is 8.97. The molecule has 0 aliphatic heterocycles. The molecule has 1 N–H and O–H groups in total. The lowest BCUT2D eigenvalue weighted by molar-refractivity contribution is -0.140. The van der Waals surface area contributed by atoms with Gasteiger partial charge in [0.25, 0.3) is 5.91 Å². The first-order chi connectivity index (χ1) is 12.1. The van der Waals surface area contributed by atoms with Gasteiger partial charge in [-0.2, -0.15) is 0 Å². The van der Waals surface area contributed by atoms with Gasteiger partial charge in [-0.05, 0) is 58.2 Å². The van der Waals surface area contributed by atoms with Gasteiger partial charge in [-0.25, -0.2) is 4.79 Å². The predicted molar refractivity (Wildman–Crippen MR) is 102 cm³/mol. The van der Waals surface area contributed by atoms with Gasteiger partial charge in [-0.15, -0.1) is 0 Å². The Bertz CT molecular complexity index is 627. The van der Waals surface area contributed by atoms with E-state index in [4.69, 9.17) is 14.2 Å². The second-order valence-corrected chi connectivity index (χ2v) is 7.09. The van der Waals surface area contributed by atoms with Crippen LogP contribution >= 0.6 is 0 Å². The minimum Gasteiger partial charge on any atom is -0.490 e. The van der Waals surface area contributed by atoms with Crippen LogP contribution in [0.15, 0.2) is 18.2 Å². The van der Waals surface area contributed by atoms with E-state index < -0.39 is 11.6 Å². The largest absolute Gasteiger partial charge is 0.490 e. The van der Waals surface area contributed by atoms with Crippen molar-refractivity contribution in [2.45, 2.75) is 59.7 Å². The summed E-state index contributed by atoms with van der Waals surface area (Å²) in [5, 5.41) is 2.85. The molecule has 6 heteroatoms. The van der Waals surface area contributed by atoms with Crippen LogP contribution in [0.25, 0.3) is 0 Å². The molecule has 0 spiro atoms. The van der Waals surface area contributed by atoms with Gasteiger partial charge in [0.2, 0.25) is 0 Å². The Morgan fingerprint density at radius 1 is 1.19 bits per heavy atom. The molecule has 6 nitrogen and oxygen atoms in total. The highest BCUT2D eigenvalue weighted by Crippen LogP contribution is 2.27. The smallest absolute Gasteiger partial charge is 0.341 e. The zero-order valence-electron chi connectivity index (χ0n) is 16.8.